The number of hydrogen-bond donors (Lipinski definition) is 0. The third-order valence-corrected chi connectivity index (χ3v) is 17.8. The fourth-order valence-corrected chi connectivity index (χ4v) is 14.9. The van der Waals surface area contributed by atoms with E-state index in [1.807, 2.05) is 0 Å². The number of nitrogens with zero attached hydrogens (tertiary/aromatic N) is 2. The summed E-state index contributed by atoms with van der Waals surface area (Å²) in [5, 5.41) is 1.33. The smallest absolute Gasteiger partial charge is 0.0719 e. The summed E-state index contributed by atoms with van der Waals surface area (Å²) in [5.74, 6) is 0.165. The average Bonchev–Trinajstić information content (AvgIpc) is 4.24. The third kappa shape index (κ3) is 5.87. The first-order chi connectivity index (χ1) is 37.7. The van der Waals surface area contributed by atoms with Crippen LogP contribution >= 0.6 is 0 Å². The summed E-state index contributed by atoms with van der Waals surface area (Å²) in [6.45, 7) is 0. The van der Waals surface area contributed by atoms with Crippen molar-refractivity contribution in [2.75, 3.05) is 4.90 Å². The van der Waals surface area contributed by atoms with Crippen molar-refractivity contribution in [1.29, 1.82) is 0 Å². The fourth-order valence-electron chi connectivity index (χ4n) is 14.9. The van der Waals surface area contributed by atoms with Gasteiger partial charge in [-0.25, -0.2) is 0 Å². The molecule has 0 radical (unpaired) electrons. The number of aromatic nitrogens is 1. The molecule has 0 saturated carbocycles. The summed E-state index contributed by atoms with van der Waals surface area (Å²) in [5.41, 5.74) is 27.6. The maximum absolute atomic E-state index is 2.53. The van der Waals surface area contributed by atoms with Crippen LogP contribution in [0.1, 0.15) is 68.6 Å². The highest BCUT2D eigenvalue weighted by Crippen LogP contribution is 2.70. The molecule has 2 spiro atoms. The molecule has 1 aromatic heterocycles. The van der Waals surface area contributed by atoms with Crippen LogP contribution in [0.5, 0.6) is 0 Å². The van der Waals surface area contributed by atoms with Crippen LogP contribution in [0.3, 0.4) is 0 Å². The van der Waals surface area contributed by atoms with Crippen molar-refractivity contribution in [2.45, 2.75) is 30.1 Å². The first-order valence-electron chi connectivity index (χ1n) is 27.1. The summed E-state index contributed by atoms with van der Waals surface area (Å²) in [6.07, 6.45) is 14.8. The highest BCUT2D eigenvalue weighted by atomic mass is 15.1. The second-order valence-corrected chi connectivity index (χ2v) is 21.3. The number of para-hydroxylation sites is 1. The maximum Gasteiger partial charge on any atom is 0.0719 e. The highest BCUT2D eigenvalue weighted by Gasteiger charge is 2.61. The molecule has 0 bridgehead atoms. The molecule has 11 aromatic rings. The molecule has 0 aliphatic heterocycles. The Bertz CT molecular complexity index is 4150. The van der Waals surface area contributed by atoms with Crippen LogP contribution in [0.4, 0.5) is 17.1 Å². The molecule has 5 aliphatic carbocycles. The third-order valence-electron chi connectivity index (χ3n) is 17.8. The van der Waals surface area contributed by atoms with Crippen LogP contribution in [0.15, 0.2) is 267 Å². The molecule has 76 heavy (non-hydrogen) atoms. The minimum Gasteiger partial charge on any atom is -0.310 e. The molecule has 1 atom stereocenters. The van der Waals surface area contributed by atoms with Crippen molar-refractivity contribution >= 4 is 39.6 Å². The number of hydrogen-bond acceptors (Lipinski definition) is 1. The Labute approximate surface area is 444 Å². The Morgan fingerprint density at radius 3 is 1.64 bits per heavy atom. The maximum atomic E-state index is 2.53. The van der Waals surface area contributed by atoms with Crippen molar-refractivity contribution in [3.8, 4) is 39.1 Å². The topological polar surface area (TPSA) is 8.17 Å². The van der Waals surface area contributed by atoms with E-state index in [-0.39, 0.29) is 5.92 Å². The van der Waals surface area contributed by atoms with E-state index < -0.39 is 10.8 Å². The summed E-state index contributed by atoms with van der Waals surface area (Å²) in [6, 6.07) is 91.8. The van der Waals surface area contributed by atoms with Gasteiger partial charge < -0.3 is 9.47 Å². The molecule has 1 unspecified atom stereocenters. The van der Waals surface area contributed by atoms with Crippen molar-refractivity contribution in [3.63, 3.8) is 0 Å². The lowest BCUT2D eigenvalue weighted by Gasteiger charge is -2.50. The van der Waals surface area contributed by atoms with Crippen LogP contribution in [-0.2, 0) is 17.3 Å². The lowest BCUT2D eigenvalue weighted by Crippen LogP contribution is -2.46. The second kappa shape index (κ2) is 16.6. The predicted octanol–water partition coefficient (Wildman–Crippen LogP) is 18.4. The number of aryl methyl sites for hydroxylation is 1. The average molecular weight is 969 g/mol. The van der Waals surface area contributed by atoms with Gasteiger partial charge in [0.2, 0.25) is 0 Å². The number of allylic oxidation sites excluding steroid dienone is 5. The lowest BCUT2D eigenvalue weighted by molar-refractivity contribution is 0.453. The zero-order valence-corrected chi connectivity index (χ0v) is 42.1. The van der Waals surface area contributed by atoms with Crippen LogP contribution in [0.25, 0.3) is 61.6 Å². The molecule has 0 fully saturated rings. The minimum atomic E-state index is -0.471. The SMILES string of the molecule is C1=CCC2C(=C1)c1c(N(c3ccc(-c4ccccc4)cc3)c3ccc(-c4ccc5c(c4)c4c(n5-c5ccccc5)C=CCC4)cc3)cccc1C21c2ccccc2C2(c3ccccc3-c3ccccc32)c2ccccc21. The predicted molar refractivity (Wildman–Crippen MR) is 315 cm³/mol. The molecule has 2 nitrogen and oxygen atoms in total. The van der Waals surface area contributed by atoms with Gasteiger partial charge in [0.25, 0.3) is 0 Å². The molecule has 5 aliphatic rings. The summed E-state index contributed by atoms with van der Waals surface area (Å²) in [7, 11) is 0. The van der Waals surface area contributed by atoms with Crippen molar-refractivity contribution < 1.29 is 0 Å². The molecular weight excluding hydrogens is 917 g/mol. The van der Waals surface area contributed by atoms with Gasteiger partial charge in [0.1, 0.15) is 0 Å². The van der Waals surface area contributed by atoms with Gasteiger partial charge in [-0.05, 0) is 163 Å². The molecule has 10 aromatic carbocycles. The first-order valence-corrected chi connectivity index (χ1v) is 27.1. The Hall–Kier alpha value is -9.24. The Morgan fingerprint density at radius 1 is 0.447 bits per heavy atom. The van der Waals surface area contributed by atoms with Gasteiger partial charge in [0, 0.05) is 39.6 Å². The zero-order valence-electron chi connectivity index (χ0n) is 42.1. The van der Waals surface area contributed by atoms with Crippen molar-refractivity contribution in [3.05, 3.63) is 323 Å². The molecular formula is C74H52N2. The molecule has 2 heteroatoms. The molecule has 0 amide bonds. The van der Waals surface area contributed by atoms with E-state index in [1.165, 1.54) is 117 Å². The normalized spacial score (nSPS) is 16.3. The number of benzene rings is 10. The van der Waals surface area contributed by atoms with E-state index in [1.54, 1.807) is 0 Å². The van der Waals surface area contributed by atoms with E-state index in [0.717, 1.165) is 30.6 Å². The fraction of sp³-hybridized carbons (Fsp3) is 0.0811. The van der Waals surface area contributed by atoms with E-state index in [9.17, 15) is 0 Å². The van der Waals surface area contributed by atoms with Gasteiger partial charge in [-0.2, -0.15) is 0 Å². The lowest BCUT2D eigenvalue weighted by atomic mass is 9.50. The van der Waals surface area contributed by atoms with Crippen LogP contribution in [0.2, 0.25) is 0 Å². The quantitative estimate of drug-likeness (QED) is 0.161. The first kappa shape index (κ1) is 43.2. The van der Waals surface area contributed by atoms with Gasteiger partial charge >= 0.3 is 0 Å². The Morgan fingerprint density at radius 2 is 0.987 bits per heavy atom. The zero-order chi connectivity index (χ0) is 50.0. The highest BCUT2D eigenvalue weighted by molar-refractivity contribution is 5.98. The monoisotopic (exact) mass is 968 g/mol. The van der Waals surface area contributed by atoms with Crippen LogP contribution < -0.4 is 4.90 Å². The number of fused-ring (bicyclic) bond motifs is 19. The Balaban J connectivity index is 0.897. The van der Waals surface area contributed by atoms with Crippen molar-refractivity contribution in [1.82, 2.24) is 4.57 Å². The van der Waals surface area contributed by atoms with E-state index in [2.05, 4.69) is 283 Å². The van der Waals surface area contributed by atoms with Crippen molar-refractivity contribution in [2.24, 2.45) is 5.92 Å². The van der Waals surface area contributed by atoms with Gasteiger partial charge in [0.05, 0.1) is 22.0 Å². The summed E-state index contributed by atoms with van der Waals surface area (Å²) in [4.78, 5) is 2.53. The standard InChI is InChI=1S/C74H52N2/c1-3-20-49(21-4-1)50-38-43-54(44-39-50)75(55-45-40-51(41-46-55)52-42-47-70-60(48-52)58-26-10-18-36-69(58)76(70)53-22-5-2-6-23-53)71-37-19-35-68-72(71)59-27-9-13-30-63(59)74(68)66-33-16-14-31-64(66)73(65-32-15-17-34-67(65)74)61-28-11-7-24-56(61)57-25-8-12-29-62(57)73/h1-9,11-25,27-29,31-48,63H,10,26,30H2. The van der Waals surface area contributed by atoms with E-state index in [4.69, 9.17) is 0 Å². The van der Waals surface area contributed by atoms with E-state index >= 15 is 0 Å². The second-order valence-electron chi connectivity index (χ2n) is 21.3. The molecule has 16 rings (SSSR count). The minimum absolute atomic E-state index is 0.165. The van der Waals surface area contributed by atoms with Gasteiger partial charge in [-0.1, -0.05) is 212 Å². The summed E-state index contributed by atoms with van der Waals surface area (Å²) >= 11 is 0. The van der Waals surface area contributed by atoms with Crippen LogP contribution in [0, 0.1) is 5.92 Å². The van der Waals surface area contributed by atoms with Crippen LogP contribution in [-0.4, -0.2) is 4.57 Å². The number of anilines is 3. The summed E-state index contributed by atoms with van der Waals surface area (Å²) < 4.78 is 2.44. The Kier molecular flexibility index (Phi) is 9.45. The molecule has 0 N–H and O–H groups in total. The van der Waals surface area contributed by atoms with E-state index in [0.29, 0.717) is 0 Å². The van der Waals surface area contributed by atoms with Gasteiger partial charge in [-0.3, -0.25) is 0 Å². The molecule has 0 saturated heterocycles. The van der Waals surface area contributed by atoms with Gasteiger partial charge in [0.15, 0.2) is 0 Å². The number of rotatable bonds is 6. The molecule has 1 heterocycles. The van der Waals surface area contributed by atoms with Gasteiger partial charge in [-0.15, -0.1) is 0 Å². The largest absolute Gasteiger partial charge is 0.310 e. The molecule has 358 valence electrons.